The Morgan fingerprint density at radius 3 is 2.87 bits per heavy atom. The van der Waals surface area contributed by atoms with Crippen molar-refractivity contribution in [3.05, 3.63) is 28.7 Å². The number of benzene rings is 1. The molecule has 1 N–H and O–H groups in total. The molecule has 2 nitrogen and oxygen atoms in total. The number of hydrogen-bond acceptors (Lipinski definition) is 2. The molecule has 1 aromatic carbocycles. The zero-order valence-electron chi connectivity index (χ0n) is 9.00. The van der Waals surface area contributed by atoms with Gasteiger partial charge in [0.2, 0.25) is 0 Å². The molecule has 1 rings (SSSR count). The minimum Gasteiger partial charge on any atom is -0.317 e. The summed E-state index contributed by atoms with van der Waals surface area (Å²) < 4.78 is 12.9. The van der Waals surface area contributed by atoms with E-state index in [1.165, 1.54) is 0 Å². The molecule has 0 saturated carbocycles. The maximum absolute atomic E-state index is 11.9. The second-order valence-electron chi connectivity index (χ2n) is 3.49. The molecule has 0 aliphatic carbocycles. The highest BCUT2D eigenvalue weighted by Crippen LogP contribution is 2.15. The summed E-state index contributed by atoms with van der Waals surface area (Å²) in [4.78, 5) is 0.896. The summed E-state index contributed by atoms with van der Waals surface area (Å²) >= 11 is 3.38. The van der Waals surface area contributed by atoms with Crippen molar-refractivity contribution in [1.82, 2.24) is 5.32 Å². The summed E-state index contributed by atoms with van der Waals surface area (Å²) in [6, 6.07) is 8.10. The van der Waals surface area contributed by atoms with Crippen LogP contribution >= 0.6 is 15.9 Å². The fourth-order valence-corrected chi connectivity index (χ4v) is 3.00. The monoisotopic (exact) mass is 289 g/mol. The summed E-state index contributed by atoms with van der Waals surface area (Å²) in [5.74, 6) is 0.707. The molecule has 2 unspecified atom stereocenters. The molecule has 0 aliphatic heterocycles. The first-order chi connectivity index (χ1) is 7.13. The lowest BCUT2D eigenvalue weighted by Gasteiger charge is -2.09. The lowest BCUT2D eigenvalue weighted by atomic mass is 10.3. The van der Waals surface area contributed by atoms with Gasteiger partial charge >= 0.3 is 0 Å². The van der Waals surface area contributed by atoms with Crippen molar-refractivity contribution in [2.24, 2.45) is 0 Å². The summed E-state index contributed by atoms with van der Waals surface area (Å²) in [6.07, 6.45) is 0.926. The zero-order chi connectivity index (χ0) is 11.3. The second-order valence-corrected chi connectivity index (χ2v) is 5.97. The Labute approximate surface area is 102 Å². The van der Waals surface area contributed by atoms with Crippen LogP contribution in [0.15, 0.2) is 33.6 Å². The molecule has 0 spiro atoms. The largest absolute Gasteiger partial charge is 0.317 e. The summed E-state index contributed by atoms with van der Waals surface area (Å²) in [5.41, 5.74) is 0. The van der Waals surface area contributed by atoms with Gasteiger partial charge in [0.25, 0.3) is 0 Å². The van der Waals surface area contributed by atoms with Gasteiger partial charge in [0, 0.05) is 21.2 Å². The van der Waals surface area contributed by atoms with E-state index in [1.807, 2.05) is 31.3 Å². The molecular formula is C11H16BrNOS. The van der Waals surface area contributed by atoms with Crippen LogP contribution in [0.25, 0.3) is 0 Å². The third-order valence-electron chi connectivity index (χ3n) is 2.29. The highest BCUT2D eigenvalue weighted by atomic mass is 79.9. The van der Waals surface area contributed by atoms with Crippen molar-refractivity contribution >= 4 is 26.7 Å². The van der Waals surface area contributed by atoms with Gasteiger partial charge in [-0.3, -0.25) is 4.21 Å². The van der Waals surface area contributed by atoms with Crippen LogP contribution in [0.3, 0.4) is 0 Å². The fraction of sp³-hybridized carbons (Fsp3) is 0.455. The van der Waals surface area contributed by atoms with E-state index in [1.54, 1.807) is 0 Å². The lowest BCUT2D eigenvalue weighted by Crippen LogP contribution is -2.23. The first-order valence-electron chi connectivity index (χ1n) is 4.94. The van der Waals surface area contributed by atoms with E-state index in [0.717, 1.165) is 15.8 Å². The van der Waals surface area contributed by atoms with Crippen molar-refractivity contribution in [3.63, 3.8) is 0 Å². The molecule has 1 aromatic rings. The molecule has 0 amide bonds. The molecule has 4 heteroatoms. The molecule has 0 aliphatic rings. The number of hydrogen-bond donors (Lipinski definition) is 1. The molecule has 0 heterocycles. The van der Waals surface area contributed by atoms with E-state index < -0.39 is 10.8 Å². The Hall–Kier alpha value is -0.190. The van der Waals surface area contributed by atoms with Crippen LogP contribution in [-0.2, 0) is 10.8 Å². The van der Waals surface area contributed by atoms with Crippen LogP contribution in [0.2, 0.25) is 0 Å². The highest BCUT2D eigenvalue weighted by molar-refractivity contribution is 9.10. The van der Waals surface area contributed by atoms with Crippen molar-refractivity contribution < 1.29 is 4.21 Å². The smallest absolute Gasteiger partial charge is 0.0530 e. The van der Waals surface area contributed by atoms with Gasteiger partial charge in [0.15, 0.2) is 0 Å². The molecule has 0 aromatic heterocycles. The van der Waals surface area contributed by atoms with Crippen molar-refractivity contribution in [1.29, 1.82) is 0 Å². The van der Waals surface area contributed by atoms with Gasteiger partial charge in [-0.05, 0) is 38.6 Å². The minimum atomic E-state index is -0.886. The summed E-state index contributed by atoms with van der Waals surface area (Å²) in [7, 11) is 1.04. The standard InChI is InChI=1S/C11H16BrNOS/c1-9(13-2)6-7-15(14)11-5-3-4-10(12)8-11/h3-5,8-9,13H,6-7H2,1-2H3. The lowest BCUT2D eigenvalue weighted by molar-refractivity contribution is 0.591. The van der Waals surface area contributed by atoms with Gasteiger partial charge in [-0.1, -0.05) is 22.0 Å². The maximum Gasteiger partial charge on any atom is 0.0530 e. The molecular weight excluding hydrogens is 274 g/mol. The van der Waals surface area contributed by atoms with E-state index in [-0.39, 0.29) is 0 Å². The quantitative estimate of drug-likeness (QED) is 0.903. The molecule has 0 radical (unpaired) electrons. The Morgan fingerprint density at radius 2 is 2.27 bits per heavy atom. The van der Waals surface area contributed by atoms with Gasteiger partial charge < -0.3 is 5.32 Å². The van der Waals surface area contributed by atoms with E-state index in [2.05, 4.69) is 28.2 Å². The first kappa shape index (κ1) is 12.9. The summed E-state index contributed by atoms with van der Waals surface area (Å²) in [5, 5.41) is 3.14. The third kappa shape index (κ3) is 4.45. The van der Waals surface area contributed by atoms with Gasteiger partial charge in [-0.25, -0.2) is 0 Å². The average Bonchev–Trinajstić information content (AvgIpc) is 2.25. The van der Waals surface area contributed by atoms with Crippen LogP contribution in [0.1, 0.15) is 13.3 Å². The van der Waals surface area contributed by atoms with Gasteiger partial charge in [-0.15, -0.1) is 0 Å². The summed E-state index contributed by atoms with van der Waals surface area (Å²) in [6.45, 7) is 2.10. The Morgan fingerprint density at radius 1 is 1.53 bits per heavy atom. The van der Waals surface area contributed by atoms with E-state index >= 15 is 0 Å². The zero-order valence-corrected chi connectivity index (χ0v) is 11.4. The molecule has 0 saturated heterocycles. The molecule has 15 heavy (non-hydrogen) atoms. The normalized spacial score (nSPS) is 14.9. The first-order valence-corrected chi connectivity index (χ1v) is 7.06. The van der Waals surface area contributed by atoms with Gasteiger partial charge in [-0.2, -0.15) is 0 Å². The van der Waals surface area contributed by atoms with Gasteiger partial charge in [0.1, 0.15) is 0 Å². The SMILES string of the molecule is CNC(C)CCS(=O)c1cccc(Br)c1. The van der Waals surface area contributed by atoms with Crippen LogP contribution in [-0.4, -0.2) is 23.1 Å². The molecule has 2 atom stereocenters. The van der Waals surface area contributed by atoms with Crippen molar-refractivity contribution in [3.8, 4) is 0 Å². The Bertz CT molecular complexity index is 343. The number of halogens is 1. The molecule has 84 valence electrons. The Kier molecular flexibility index (Phi) is 5.50. The highest BCUT2D eigenvalue weighted by Gasteiger charge is 2.06. The van der Waals surface area contributed by atoms with Crippen LogP contribution in [0.5, 0.6) is 0 Å². The molecule has 0 fully saturated rings. The number of rotatable bonds is 5. The van der Waals surface area contributed by atoms with Crippen LogP contribution in [0, 0.1) is 0 Å². The predicted molar refractivity (Wildman–Crippen MR) is 68.6 cm³/mol. The van der Waals surface area contributed by atoms with Crippen LogP contribution in [0.4, 0.5) is 0 Å². The third-order valence-corrected chi connectivity index (χ3v) is 4.17. The van der Waals surface area contributed by atoms with Crippen LogP contribution < -0.4 is 5.32 Å². The average molecular weight is 290 g/mol. The van der Waals surface area contributed by atoms with E-state index in [9.17, 15) is 4.21 Å². The van der Waals surface area contributed by atoms with Gasteiger partial charge in [0.05, 0.1) is 10.8 Å². The molecule has 0 bridgehead atoms. The van der Waals surface area contributed by atoms with E-state index in [4.69, 9.17) is 0 Å². The Balaban J connectivity index is 2.54. The fourth-order valence-electron chi connectivity index (χ4n) is 1.15. The number of nitrogens with one attached hydrogen (secondary N) is 1. The van der Waals surface area contributed by atoms with E-state index in [0.29, 0.717) is 11.8 Å². The van der Waals surface area contributed by atoms with Crippen molar-refractivity contribution in [2.45, 2.75) is 24.3 Å². The second kappa shape index (κ2) is 6.40. The van der Waals surface area contributed by atoms with Crippen molar-refractivity contribution in [2.75, 3.05) is 12.8 Å². The minimum absolute atomic E-state index is 0.418. The maximum atomic E-state index is 11.9. The topological polar surface area (TPSA) is 29.1 Å². The predicted octanol–water partition coefficient (Wildman–Crippen LogP) is 2.55.